The molecular formula is C10H14Cl2N2. The van der Waals surface area contributed by atoms with E-state index in [9.17, 15) is 0 Å². The Morgan fingerprint density at radius 1 is 1.43 bits per heavy atom. The zero-order valence-electron chi connectivity index (χ0n) is 8.13. The van der Waals surface area contributed by atoms with E-state index in [1.165, 1.54) is 0 Å². The van der Waals surface area contributed by atoms with Crippen molar-refractivity contribution in [3.8, 4) is 0 Å². The van der Waals surface area contributed by atoms with Crippen LogP contribution in [0.15, 0.2) is 12.1 Å². The highest BCUT2D eigenvalue weighted by molar-refractivity contribution is 6.32. The molecule has 0 amide bonds. The zero-order valence-corrected chi connectivity index (χ0v) is 9.65. The fraction of sp³-hybridized carbons (Fsp3) is 0.500. The van der Waals surface area contributed by atoms with E-state index in [1.54, 1.807) is 6.07 Å². The van der Waals surface area contributed by atoms with Gasteiger partial charge in [0.15, 0.2) is 0 Å². The van der Waals surface area contributed by atoms with Crippen molar-refractivity contribution in [2.45, 2.75) is 32.2 Å². The highest BCUT2D eigenvalue weighted by Crippen LogP contribution is 2.24. The van der Waals surface area contributed by atoms with Crippen molar-refractivity contribution in [1.29, 1.82) is 0 Å². The van der Waals surface area contributed by atoms with E-state index in [0.717, 1.165) is 24.8 Å². The average Bonchev–Trinajstić information content (AvgIpc) is 2.14. The van der Waals surface area contributed by atoms with Gasteiger partial charge in [-0.15, -0.1) is 0 Å². The standard InChI is InChI=1S/C10H14Cl2N2/c1-2-3-4-8(13)7-5-6-9(11)14-10(7)12/h5-6,8H,2-4,13H2,1H3/t8-/m1/s1. The Bertz CT molecular complexity index is 302. The number of pyridine rings is 1. The highest BCUT2D eigenvalue weighted by Gasteiger charge is 2.10. The molecule has 0 saturated heterocycles. The minimum atomic E-state index is -0.0350. The van der Waals surface area contributed by atoms with Crippen molar-refractivity contribution in [3.63, 3.8) is 0 Å². The molecule has 1 aromatic rings. The lowest BCUT2D eigenvalue weighted by Gasteiger charge is -2.12. The van der Waals surface area contributed by atoms with Gasteiger partial charge < -0.3 is 5.73 Å². The third kappa shape index (κ3) is 3.12. The van der Waals surface area contributed by atoms with Gasteiger partial charge in [0.2, 0.25) is 0 Å². The molecule has 0 saturated carbocycles. The Morgan fingerprint density at radius 2 is 2.14 bits per heavy atom. The first-order valence-corrected chi connectivity index (χ1v) is 5.48. The molecule has 0 bridgehead atoms. The molecule has 4 heteroatoms. The third-order valence-electron chi connectivity index (χ3n) is 2.11. The summed E-state index contributed by atoms with van der Waals surface area (Å²) in [6, 6.07) is 3.53. The van der Waals surface area contributed by atoms with Gasteiger partial charge in [-0.2, -0.15) is 0 Å². The molecule has 1 atom stereocenters. The Balaban J connectivity index is 2.74. The average molecular weight is 233 g/mol. The molecule has 0 aliphatic rings. The van der Waals surface area contributed by atoms with Crippen LogP contribution in [0.3, 0.4) is 0 Å². The molecule has 2 nitrogen and oxygen atoms in total. The number of aromatic nitrogens is 1. The smallest absolute Gasteiger partial charge is 0.135 e. The molecule has 0 spiro atoms. The topological polar surface area (TPSA) is 38.9 Å². The molecule has 78 valence electrons. The number of hydrogen-bond donors (Lipinski definition) is 1. The summed E-state index contributed by atoms with van der Waals surface area (Å²) in [4.78, 5) is 3.95. The minimum absolute atomic E-state index is 0.0350. The van der Waals surface area contributed by atoms with E-state index >= 15 is 0 Å². The maximum atomic E-state index is 5.96. The van der Waals surface area contributed by atoms with Crippen molar-refractivity contribution in [1.82, 2.24) is 4.98 Å². The second-order valence-corrected chi connectivity index (χ2v) is 4.01. The van der Waals surface area contributed by atoms with Crippen molar-refractivity contribution in [2.75, 3.05) is 0 Å². The minimum Gasteiger partial charge on any atom is -0.324 e. The number of nitrogens with zero attached hydrogens (tertiary/aromatic N) is 1. The Hall–Kier alpha value is -0.310. The first kappa shape index (κ1) is 11.8. The maximum absolute atomic E-state index is 5.96. The van der Waals surface area contributed by atoms with Gasteiger partial charge in [0.25, 0.3) is 0 Å². The van der Waals surface area contributed by atoms with Crippen molar-refractivity contribution >= 4 is 23.2 Å². The molecule has 0 aromatic carbocycles. The van der Waals surface area contributed by atoms with Crippen molar-refractivity contribution in [3.05, 3.63) is 28.0 Å². The van der Waals surface area contributed by atoms with E-state index in [-0.39, 0.29) is 6.04 Å². The monoisotopic (exact) mass is 232 g/mol. The van der Waals surface area contributed by atoms with Crippen LogP contribution >= 0.6 is 23.2 Å². The predicted octanol–water partition coefficient (Wildman–Crippen LogP) is 3.58. The largest absolute Gasteiger partial charge is 0.324 e. The summed E-state index contributed by atoms with van der Waals surface area (Å²) < 4.78 is 0. The van der Waals surface area contributed by atoms with Gasteiger partial charge >= 0.3 is 0 Å². The first-order valence-electron chi connectivity index (χ1n) is 4.72. The van der Waals surface area contributed by atoms with Crippen LogP contribution in [0.4, 0.5) is 0 Å². The van der Waals surface area contributed by atoms with E-state index < -0.39 is 0 Å². The van der Waals surface area contributed by atoms with Gasteiger partial charge in [-0.25, -0.2) is 4.98 Å². The van der Waals surface area contributed by atoms with Crippen LogP contribution in [0, 0.1) is 0 Å². The van der Waals surface area contributed by atoms with Crippen LogP contribution in [0.2, 0.25) is 10.3 Å². The van der Waals surface area contributed by atoms with Gasteiger partial charge in [0.1, 0.15) is 10.3 Å². The number of unbranched alkanes of at least 4 members (excludes halogenated alkanes) is 1. The van der Waals surface area contributed by atoms with E-state index in [2.05, 4.69) is 11.9 Å². The van der Waals surface area contributed by atoms with Crippen LogP contribution in [-0.2, 0) is 0 Å². The van der Waals surface area contributed by atoms with Gasteiger partial charge in [-0.3, -0.25) is 0 Å². The second-order valence-electron chi connectivity index (χ2n) is 3.26. The Kier molecular flexibility index (Phi) is 4.66. The van der Waals surface area contributed by atoms with Gasteiger partial charge in [0.05, 0.1) is 0 Å². The molecule has 0 fully saturated rings. The summed E-state index contributed by atoms with van der Waals surface area (Å²) in [6.45, 7) is 2.13. The molecule has 1 heterocycles. The third-order valence-corrected chi connectivity index (χ3v) is 2.62. The molecule has 1 rings (SSSR count). The highest BCUT2D eigenvalue weighted by atomic mass is 35.5. The molecule has 14 heavy (non-hydrogen) atoms. The van der Waals surface area contributed by atoms with Gasteiger partial charge in [0, 0.05) is 11.6 Å². The van der Waals surface area contributed by atoms with Crippen molar-refractivity contribution < 1.29 is 0 Å². The summed E-state index contributed by atoms with van der Waals surface area (Å²) in [5, 5.41) is 0.822. The normalized spacial score (nSPS) is 12.9. The van der Waals surface area contributed by atoms with Crippen LogP contribution in [0.1, 0.15) is 37.8 Å². The Labute approximate surface area is 94.4 Å². The Morgan fingerprint density at radius 3 is 2.71 bits per heavy atom. The van der Waals surface area contributed by atoms with Gasteiger partial charge in [-0.05, 0) is 12.5 Å². The lowest BCUT2D eigenvalue weighted by atomic mass is 10.0. The molecular weight excluding hydrogens is 219 g/mol. The maximum Gasteiger partial charge on any atom is 0.135 e. The van der Waals surface area contributed by atoms with Crippen LogP contribution in [0.5, 0.6) is 0 Å². The molecule has 0 aliphatic heterocycles. The summed E-state index contributed by atoms with van der Waals surface area (Å²) in [6.07, 6.45) is 3.16. The van der Waals surface area contributed by atoms with Crippen LogP contribution in [0.25, 0.3) is 0 Å². The number of rotatable bonds is 4. The number of hydrogen-bond acceptors (Lipinski definition) is 2. The van der Waals surface area contributed by atoms with E-state index in [4.69, 9.17) is 28.9 Å². The molecule has 0 aliphatic carbocycles. The van der Waals surface area contributed by atoms with Crippen LogP contribution in [-0.4, -0.2) is 4.98 Å². The lowest BCUT2D eigenvalue weighted by molar-refractivity contribution is 0.602. The summed E-state index contributed by atoms with van der Waals surface area (Å²) >= 11 is 11.6. The second kappa shape index (κ2) is 5.54. The lowest BCUT2D eigenvalue weighted by Crippen LogP contribution is -2.11. The van der Waals surface area contributed by atoms with Gasteiger partial charge in [-0.1, -0.05) is 49.0 Å². The quantitative estimate of drug-likeness (QED) is 0.807. The first-order chi connectivity index (χ1) is 6.65. The zero-order chi connectivity index (χ0) is 10.6. The number of nitrogens with two attached hydrogens (primary N) is 1. The summed E-state index contributed by atoms with van der Waals surface area (Å²) in [5.74, 6) is 0. The van der Waals surface area contributed by atoms with E-state index in [0.29, 0.717) is 10.3 Å². The fourth-order valence-corrected chi connectivity index (χ4v) is 1.76. The molecule has 2 N–H and O–H groups in total. The molecule has 1 aromatic heterocycles. The summed E-state index contributed by atoms with van der Waals surface area (Å²) in [7, 11) is 0. The molecule has 0 radical (unpaired) electrons. The molecule has 0 unspecified atom stereocenters. The van der Waals surface area contributed by atoms with Crippen LogP contribution < -0.4 is 5.73 Å². The number of halogens is 2. The van der Waals surface area contributed by atoms with E-state index in [1.807, 2.05) is 6.07 Å². The summed E-state index contributed by atoms with van der Waals surface area (Å²) in [5.41, 5.74) is 6.84. The predicted molar refractivity (Wildman–Crippen MR) is 60.7 cm³/mol. The van der Waals surface area contributed by atoms with Crippen molar-refractivity contribution in [2.24, 2.45) is 5.73 Å². The SMILES string of the molecule is CCCC[C@@H](N)c1ccc(Cl)nc1Cl. The fourth-order valence-electron chi connectivity index (χ4n) is 1.28.